The summed E-state index contributed by atoms with van der Waals surface area (Å²) in [7, 11) is -4.35. The maximum absolute atomic E-state index is 10.9. The number of aromatic hydroxyl groups is 1. The standard InChI is InChI=1S/C10H7ClO4S/c11-9-3-1-2-7-8(9)4-6(5-10(7)12)16(13,14)15/h1-5,12H,(H,13,14,15). The molecule has 0 aliphatic heterocycles. The number of fused-ring (bicyclic) bond motifs is 1. The summed E-state index contributed by atoms with van der Waals surface area (Å²) in [5.41, 5.74) is 0. The van der Waals surface area contributed by atoms with E-state index in [1.54, 1.807) is 18.2 Å². The van der Waals surface area contributed by atoms with Gasteiger partial charge in [-0.3, -0.25) is 4.55 Å². The van der Waals surface area contributed by atoms with Gasteiger partial charge in [0, 0.05) is 21.9 Å². The van der Waals surface area contributed by atoms with Crippen molar-refractivity contribution in [1.29, 1.82) is 0 Å². The van der Waals surface area contributed by atoms with Crippen molar-refractivity contribution in [3.63, 3.8) is 0 Å². The fraction of sp³-hybridized carbons (Fsp3) is 0. The first kappa shape index (κ1) is 11.2. The third-order valence-electron chi connectivity index (χ3n) is 2.19. The van der Waals surface area contributed by atoms with Crippen molar-refractivity contribution in [3.8, 4) is 5.75 Å². The second-order valence-corrected chi connectivity index (χ2v) is 5.08. The third-order valence-corrected chi connectivity index (χ3v) is 3.35. The van der Waals surface area contributed by atoms with Crippen molar-refractivity contribution in [3.05, 3.63) is 35.4 Å². The molecule has 2 aromatic carbocycles. The molecule has 0 saturated carbocycles. The molecule has 4 nitrogen and oxygen atoms in total. The molecule has 0 heterocycles. The lowest BCUT2D eigenvalue weighted by Crippen LogP contribution is -1.97. The van der Waals surface area contributed by atoms with Gasteiger partial charge >= 0.3 is 0 Å². The third kappa shape index (κ3) is 1.84. The van der Waals surface area contributed by atoms with E-state index in [1.165, 1.54) is 6.07 Å². The van der Waals surface area contributed by atoms with Gasteiger partial charge in [-0.1, -0.05) is 23.7 Å². The Bertz CT molecular complexity index is 664. The molecule has 0 radical (unpaired) electrons. The Balaban J connectivity index is 2.91. The zero-order valence-electron chi connectivity index (χ0n) is 7.88. The van der Waals surface area contributed by atoms with E-state index in [9.17, 15) is 13.5 Å². The molecule has 2 aromatic rings. The second-order valence-electron chi connectivity index (χ2n) is 3.25. The summed E-state index contributed by atoms with van der Waals surface area (Å²) in [6, 6.07) is 7.00. The molecule has 84 valence electrons. The average Bonchev–Trinajstić information content (AvgIpc) is 2.18. The predicted molar refractivity (Wildman–Crippen MR) is 60.4 cm³/mol. The highest BCUT2D eigenvalue weighted by Gasteiger charge is 2.14. The second kappa shape index (κ2) is 3.62. The SMILES string of the molecule is O=S(=O)(O)c1cc(O)c2cccc(Cl)c2c1. The molecular formula is C10H7ClO4S. The molecule has 0 unspecified atom stereocenters. The van der Waals surface area contributed by atoms with Crippen LogP contribution in [0, 0.1) is 0 Å². The molecule has 0 atom stereocenters. The summed E-state index contributed by atoms with van der Waals surface area (Å²) in [5.74, 6) is -0.243. The van der Waals surface area contributed by atoms with Crippen molar-refractivity contribution in [1.82, 2.24) is 0 Å². The van der Waals surface area contributed by atoms with Crippen molar-refractivity contribution in [2.45, 2.75) is 4.90 Å². The minimum absolute atomic E-state index is 0.243. The van der Waals surface area contributed by atoms with E-state index in [2.05, 4.69) is 0 Å². The van der Waals surface area contributed by atoms with Crippen molar-refractivity contribution in [2.75, 3.05) is 0 Å². The minimum atomic E-state index is -4.35. The molecule has 0 spiro atoms. The van der Waals surface area contributed by atoms with Gasteiger partial charge in [-0.25, -0.2) is 0 Å². The lowest BCUT2D eigenvalue weighted by Gasteiger charge is -2.05. The maximum Gasteiger partial charge on any atom is 0.294 e. The molecule has 0 saturated heterocycles. The first-order valence-corrected chi connectivity index (χ1v) is 6.10. The zero-order chi connectivity index (χ0) is 11.9. The van der Waals surface area contributed by atoms with E-state index < -0.39 is 10.1 Å². The Morgan fingerprint density at radius 3 is 2.44 bits per heavy atom. The van der Waals surface area contributed by atoms with Crippen LogP contribution in [0.4, 0.5) is 0 Å². The quantitative estimate of drug-likeness (QED) is 0.771. The van der Waals surface area contributed by atoms with E-state index in [0.29, 0.717) is 15.8 Å². The number of hydrogen-bond acceptors (Lipinski definition) is 3. The van der Waals surface area contributed by atoms with Crippen LogP contribution in [0.15, 0.2) is 35.2 Å². The number of rotatable bonds is 1. The Labute approximate surface area is 96.8 Å². The van der Waals surface area contributed by atoms with Crippen LogP contribution in [0.2, 0.25) is 5.02 Å². The monoisotopic (exact) mass is 258 g/mol. The summed E-state index contributed by atoms with van der Waals surface area (Å²) in [6.07, 6.45) is 0. The first-order chi connectivity index (χ1) is 7.39. The highest BCUT2D eigenvalue weighted by molar-refractivity contribution is 7.85. The molecule has 0 aliphatic carbocycles. The molecule has 6 heteroatoms. The van der Waals surface area contributed by atoms with Crippen LogP contribution in [0.25, 0.3) is 10.8 Å². The first-order valence-electron chi connectivity index (χ1n) is 4.28. The van der Waals surface area contributed by atoms with Crippen LogP contribution in [0.5, 0.6) is 5.75 Å². The number of halogens is 1. The summed E-state index contributed by atoms with van der Waals surface area (Å²) in [4.78, 5) is -0.384. The molecule has 0 fully saturated rings. The van der Waals surface area contributed by atoms with E-state index in [-0.39, 0.29) is 10.6 Å². The van der Waals surface area contributed by atoms with E-state index in [4.69, 9.17) is 16.2 Å². The maximum atomic E-state index is 10.9. The van der Waals surface area contributed by atoms with Crippen LogP contribution in [0.3, 0.4) is 0 Å². The summed E-state index contributed by atoms with van der Waals surface area (Å²) in [5, 5.41) is 10.7. The van der Waals surface area contributed by atoms with Gasteiger partial charge in [0.25, 0.3) is 10.1 Å². The van der Waals surface area contributed by atoms with Gasteiger partial charge in [0.05, 0.1) is 4.90 Å². The van der Waals surface area contributed by atoms with Gasteiger partial charge in [0.15, 0.2) is 0 Å². The topological polar surface area (TPSA) is 74.6 Å². The molecule has 0 amide bonds. The van der Waals surface area contributed by atoms with Gasteiger partial charge in [-0.2, -0.15) is 8.42 Å². The van der Waals surface area contributed by atoms with Crippen molar-refractivity contribution in [2.24, 2.45) is 0 Å². The summed E-state index contributed by atoms with van der Waals surface area (Å²) in [6.45, 7) is 0. The summed E-state index contributed by atoms with van der Waals surface area (Å²) < 4.78 is 30.8. The van der Waals surface area contributed by atoms with E-state index in [0.717, 1.165) is 6.07 Å². The zero-order valence-corrected chi connectivity index (χ0v) is 9.46. The van der Waals surface area contributed by atoms with Crippen molar-refractivity contribution < 1.29 is 18.1 Å². The molecule has 16 heavy (non-hydrogen) atoms. The lowest BCUT2D eigenvalue weighted by molar-refractivity contribution is 0.471. The van der Waals surface area contributed by atoms with E-state index in [1.807, 2.05) is 0 Å². The highest BCUT2D eigenvalue weighted by atomic mass is 35.5. The lowest BCUT2D eigenvalue weighted by atomic mass is 10.1. The smallest absolute Gasteiger partial charge is 0.294 e. The number of hydrogen-bond donors (Lipinski definition) is 2. The molecule has 2 N–H and O–H groups in total. The fourth-order valence-corrected chi connectivity index (χ4v) is 2.21. The predicted octanol–water partition coefficient (Wildman–Crippen LogP) is 2.45. The van der Waals surface area contributed by atoms with Crippen LogP contribution in [-0.2, 0) is 10.1 Å². The largest absolute Gasteiger partial charge is 0.507 e. The fourth-order valence-electron chi connectivity index (χ4n) is 1.45. The number of phenolic OH excluding ortho intramolecular Hbond substituents is 1. The number of phenols is 1. The van der Waals surface area contributed by atoms with Crippen LogP contribution in [-0.4, -0.2) is 18.1 Å². The van der Waals surface area contributed by atoms with E-state index >= 15 is 0 Å². The molecule has 0 aromatic heterocycles. The minimum Gasteiger partial charge on any atom is -0.507 e. The number of benzene rings is 2. The average molecular weight is 259 g/mol. The van der Waals surface area contributed by atoms with Gasteiger partial charge in [-0.15, -0.1) is 0 Å². The Morgan fingerprint density at radius 2 is 1.81 bits per heavy atom. The van der Waals surface area contributed by atoms with Gasteiger partial charge in [0.2, 0.25) is 0 Å². The molecule has 0 bridgehead atoms. The van der Waals surface area contributed by atoms with Crippen LogP contribution < -0.4 is 0 Å². The Hall–Kier alpha value is -1.30. The molecule has 0 aliphatic rings. The normalized spacial score (nSPS) is 11.9. The summed E-state index contributed by atoms with van der Waals surface area (Å²) >= 11 is 5.86. The molecule has 2 rings (SSSR count). The van der Waals surface area contributed by atoms with Gasteiger partial charge in [-0.05, 0) is 12.1 Å². The van der Waals surface area contributed by atoms with Crippen molar-refractivity contribution >= 4 is 32.5 Å². The van der Waals surface area contributed by atoms with Crippen LogP contribution >= 0.6 is 11.6 Å². The molecular weight excluding hydrogens is 252 g/mol. The van der Waals surface area contributed by atoms with Gasteiger partial charge in [0.1, 0.15) is 5.75 Å². The van der Waals surface area contributed by atoms with Crippen LogP contribution in [0.1, 0.15) is 0 Å². The Kier molecular flexibility index (Phi) is 2.53. The highest BCUT2D eigenvalue weighted by Crippen LogP contribution is 2.32. The van der Waals surface area contributed by atoms with Gasteiger partial charge < -0.3 is 5.11 Å². The Morgan fingerprint density at radius 1 is 1.12 bits per heavy atom.